The van der Waals surface area contributed by atoms with Crippen LogP contribution >= 0.6 is 0 Å². The summed E-state index contributed by atoms with van der Waals surface area (Å²) in [6.45, 7) is 5.90. The van der Waals surface area contributed by atoms with E-state index in [1.54, 1.807) is 25.1 Å². The molecule has 34 heavy (non-hydrogen) atoms. The van der Waals surface area contributed by atoms with E-state index in [-0.39, 0.29) is 35.1 Å². The summed E-state index contributed by atoms with van der Waals surface area (Å²) in [5, 5.41) is 20.6. The molecule has 0 radical (unpaired) electrons. The van der Waals surface area contributed by atoms with Crippen LogP contribution in [0.15, 0.2) is 35.2 Å². The number of carbonyl (C=O) groups is 3. The minimum absolute atomic E-state index is 0.00470. The van der Waals surface area contributed by atoms with Crippen molar-refractivity contribution < 1.29 is 22.8 Å². The lowest BCUT2D eigenvalue weighted by Crippen LogP contribution is -2.55. The Morgan fingerprint density at radius 1 is 1.24 bits per heavy atom. The molecule has 0 saturated carbocycles. The van der Waals surface area contributed by atoms with Crippen LogP contribution in [0.1, 0.15) is 37.8 Å². The fourth-order valence-corrected chi connectivity index (χ4v) is 4.02. The molecule has 13 heteroatoms. The molecule has 184 valence electrons. The summed E-state index contributed by atoms with van der Waals surface area (Å²) in [6, 6.07) is 7.47. The van der Waals surface area contributed by atoms with Gasteiger partial charge in [-0.3, -0.25) is 19.7 Å². The van der Waals surface area contributed by atoms with E-state index in [4.69, 9.17) is 5.14 Å². The molecule has 1 aromatic heterocycles. The molecule has 3 rings (SSSR count). The number of sulfonamides is 1. The highest BCUT2D eigenvalue weighted by atomic mass is 32.2. The Kier molecular flexibility index (Phi) is 7.69. The zero-order valence-electron chi connectivity index (χ0n) is 19.2. The molecule has 2 aromatic rings. The van der Waals surface area contributed by atoms with Crippen molar-refractivity contribution in [2.24, 2.45) is 11.1 Å². The van der Waals surface area contributed by atoms with Crippen molar-refractivity contribution in [3.05, 3.63) is 41.6 Å². The zero-order valence-corrected chi connectivity index (χ0v) is 20.0. The Morgan fingerprint density at radius 3 is 2.53 bits per heavy atom. The quantitative estimate of drug-likeness (QED) is 0.331. The first-order chi connectivity index (χ1) is 15.9. The van der Waals surface area contributed by atoms with Crippen LogP contribution in [0.3, 0.4) is 0 Å². The van der Waals surface area contributed by atoms with Gasteiger partial charge in [0.15, 0.2) is 6.29 Å². The predicted octanol–water partition coefficient (Wildman–Crippen LogP) is -0.273. The van der Waals surface area contributed by atoms with Gasteiger partial charge in [0.25, 0.3) is 0 Å². The molecule has 1 aliphatic rings. The third-order valence-electron chi connectivity index (χ3n) is 5.38. The van der Waals surface area contributed by atoms with Crippen LogP contribution in [0.25, 0.3) is 0 Å². The average molecular weight is 492 g/mol. The Balaban J connectivity index is 1.58. The van der Waals surface area contributed by atoms with Gasteiger partial charge in [-0.1, -0.05) is 26.0 Å². The van der Waals surface area contributed by atoms with Gasteiger partial charge < -0.3 is 16.0 Å². The largest absolute Gasteiger partial charge is 0.347 e. The van der Waals surface area contributed by atoms with Crippen molar-refractivity contribution in [3.63, 3.8) is 0 Å². The molecule has 0 spiro atoms. The van der Waals surface area contributed by atoms with Crippen molar-refractivity contribution in [2.75, 3.05) is 11.9 Å². The summed E-state index contributed by atoms with van der Waals surface area (Å²) in [5.41, 5.74) is 1.36. The van der Waals surface area contributed by atoms with Crippen LogP contribution in [0.2, 0.25) is 0 Å². The van der Waals surface area contributed by atoms with Crippen molar-refractivity contribution in [1.82, 2.24) is 25.7 Å². The summed E-state index contributed by atoms with van der Waals surface area (Å²) in [5.74, 6) is -1.38. The number of nitrogens with one attached hydrogen (secondary N) is 4. The summed E-state index contributed by atoms with van der Waals surface area (Å²) in [7, 11) is -3.77. The summed E-state index contributed by atoms with van der Waals surface area (Å²) >= 11 is 0. The van der Waals surface area contributed by atoms with E-state index in [1.807, 2.05) is 13.8 Å². The Hall–Kier alpha value is -3.29. The number of aryl methyl sites for hydroxylation is 1. The number of anilines is 1. The summed E-state index contributed by atoms with van der Waals surface area (Å²) in [4.78, 5) is 36.8. The van der Waals surface area contributed by atoms with Crippen LogP contribution in [0.5, 0.6) is 0 Å². The second kappa shape index (κ2) is 10.3. The number of aromatic nitrogens is 2. The fraction of sp³-hybridized carbons (Fsp3) is 0.429. The number of benzene rings is 1. The van der Waals surface area contributed by atoms with E-state index < -0.39 is 28.1 Å². The van der Waals surface area contributed by atoms with Crippen LogP contribution in [-0.4, -0.2) is 48.5 Å². The van der Waals surface area contributed by atoms with Gasteiger partial charge in [-0.15, -0.1) is 0 Å². The fourth-order valence-electron chi connectivity index (χ4n) is 3.50. The number of hydrogen-bond donors (Lipinski definition) is 5. The highest BCUT2D eigenvalue weighted by Gasteiger charge is 2.30. The smallest absolute Gasteiger partial charge is 0.314 e. The maximum Gasteiger partial charge on any atom is 0.314 e. The number of rotatable bonds is 7. The van der Waals surface area contributed by atoms with Crippen molar-refractivity contribution >= 4 is 33.6 Å². The molecule has 1 saturated heterocycles. The molecule has 2 heterocycles. The van der Waals surface area contributed by atoms with E-state index in [1.165, 1.54) is 16.8 Å². The number of amides is 3. The highest BCUT2D eigenvalue weighted by molar-refractivity contribution is 7.89. The minimum Gasteiger partial charge on any atom is -0.347 e. The second-order valence-electron chi connectivity index (χ2n) is 8.46. The molecular weight excluding hydrogens is 462 g/mol. The van der Waals surface area contributed by atoms with Gasteiger partial charge in [0.1, 0.15) is 5.82 Å². The van der Waals surface area contributed by atoms with Crippen LogP contribution in [-0.2, 0) is 30.8 Å². The number of nitrogens with zero attached hydrogens (tertiary/aromatic N) is 2. The molecule has 1 fully saturated rings. The standard InChI is InChI=1S/C21H29N7O5S/c1-12(2)16-11-18(29)26-21(24-16)28-17(10-13(3)27-28)25-20(31)19(30)23-9-8-14-4-6-15(7-5-14)34(22,32)33/h4-7,10,12,16,21,24H,8-9,11H2,1-3H3,(H,23,30)(H,25,31)(H,26,29)(H2,22,32,33). The monoisotopic (exact) mass is 491 g/mol. The van der Waals surface area contributed by atoms with Crippen molar-refractivity contribution in [2.45, 2.75) is 50.8 Å². The number of nitrogens with two attached hydrogens (primary N) is 1. The summed E-state index contributed by atoms with van der Waals surface area (Å²) in [6.07, 6.45) is 0.0554. The van der Waals surface area contributed by atoms with Gasteiger partial charge in [0.2, 0.25) is 15.9 Å². The lowest BCUT2D eigenvalue weighted by Gasteiger charge is -2.34. The number of hydrogen-bond acceptors (Lipinski definition) is 7. The maximum absolute atomic E-state index is 12.4. The normalized spacial score (nSPS) is 18.4. The van der Waals surface area contributed by atoms with Crippen molar-refractivity contribution in [1.29, 1.82) is 0 Å². The average Bonchev–Trinajstić information content (AvgIpc) is 3.12. The SMILES string of the molecule is Cc1cc(NC(=O)C(=O)NCCc2ccc(S(N)(=O)=O)cc2)n(C2NC(=O)CC(C(C)C)N2)n1. The number of primary sulfonamides is 1. The van der Waals surface area contributed by atoms with E-state index >= 15 is 0 Å². The zero-order chi connectivity index (χ0) is 25.0. The van der Waals surface area contributed by atoms with Crippen molar-refractivity contribution in [3.8, 4) is 0 Å². The Morgan fingerprint density at radius 2 is 1.91 bits per heavy atom. The second-order valence-corrected chi connectivity index (χ2v) is 10.0. The molecule has 2 atom stereocenters. The Labute approximate surface area is 197 Å². The summed E-state index contributed by atoms with van der Waals surface area (Å²) < 4.78 is 24.0. The third kappa shape index (κ3) is 6.40. The lowest BCUT2D eigenvalue weighted by molar-refractivity contribution is -0.136. The van der Waals surface area contributed by atoms with E-state index in [0.29, 0.717) is 18.5 Å². The first kappa shape index (κ1) is 25.3. The molecule has 0 bridgehead atoms. The van der Waals surface area contributed by atoms with Gasteiger partial charge in [0.05, 0.1) is 10.6 Å². The first-order valence-corrected chi connectivity index (χ1v) is 12.3. The molecule has 2 unspecified atom stereocenters. The molecule has 1 aromatic carbocycles. The lowest BCUT2D eigenvalue weighted by atomic mass is 9.99. The Bertz CT molecular complexity index is 1170. The first-order valence-electron chi connectivity index (χ1n) is 10.8. The molecule has 1 aliphatic heterocycles. The van der Waals surface area contributed by atoms with Crippen LogP contribution in [0.4, 0.5) is 5.82 Å². The van der Waals surface area contributed by atoms with Crippen LogP contribution in [0, 0.1) is 12.8 Å². The molecular formula is C21H29N7O5S. The predicted molar refractivity (Wildman–Crippen MR) is 124 cm³/mol. The highest BCUT2D eigenvalue weighted by Crippen LogP contribution is 2.19. The maximum atomic E-state index is 12.4. The van der Waals surface area contributed by atoms with E-state index in [0.717, 1.165) is 5.56 Å². The van der Waals surface area contributed by atoms with E-state index in [2.05, 4.69) is 26.4 Å². The van der Waals surface area contributed by atoms with E-state index in [9.17, 15) is 22.8 Å². The molecule has 3 amide bonds. The minimum atomic E-state index is -3.77. The number of carbonyl (C=O) groups excluding carboxylic acids is 3. The topological polar surface area (TPSA) is 177 Å². The van der Waals surface area contributed by atoms with Gasteiger partial charge in [-0.2, -0.15) is 5.10 Å². The van der Waals surface area contributed by atoms with Gasteiger partial charge in [-0.05, 0) is 37.0 Å². The third-order valence-corrected chi connectivity index (χ3v) is 6.31. The molecule has 6 N–H and O–H groups in total. The molecule has 12 nitrogen and oxygen atoms in total. The van der Waals surface area contributed by atoms with Gasteiger partial charge in [0, 0.05) is 25.1 Å². The molecule has 0 aliphatic carbocycles. The van der Waals surface area contributed by atoms with Gasteiger partial charge >= 0.3 is 11.8 Å². The van der Waals surface area contributed by atoms with Crippen LogP contribution < -0.4 is 26.4 Å². The van der Waals surface area contributed by atoms with Gasteiger partial charge in [-0.25, -0.2) is 18.2 Å².